The molecule has 0 aliphatic carbocycles. The van der Waals surface area contributed by atoms with Gasteiger partial charge >= 0.3 is 0 Å². The van der Waals surface area contributed by atoms with Gasteiger partial charge in [0, 0.05) is 25.0 Å². The lowest BCUT2D eigenvalue weighted by Crippen LogP contribution is -2.41. The first-order valence-electron chi connectivity index (χ1n) is 7.71. The number of carbonyl (C=O) groups is 1. The number of hydrogen-bond acceptors (Lipinski definition) is 2. The van der Waals surface area contributed by atoms with E-state index in [1.165, 1.54) is 5.56 Å². The van der Waals surface area contributed by atoms with Crippen LogP contribution < -0.4 is 5.32 Å². The number of nitrogens with one attached hydrogen (secondary N) is 1. The molecule has 2 atom stereocenters. The third kappa shape index (κ3) is 3.83. The van der Waals surface area contributed by atoms with Gasteiger partial charge in [0.15, 0.2) is 0 Å². The maximum Gasteiger partial charge on any atom is 0.226 e. The van der Waals surface area contributed by atoms with E-state index in [0.29, 0.717) is 11.9 Å². The molecule has 1 saturated heterocycles. The van der Waals surface area contributed by atoms with E-state index in [2.05, 4.69) is 34.5 Å². The van der Waals surface area contributed by atoms with Crippen molar-refractivity contribution in [3.05, 3.63) is 35.9 Å². The fraction of sp³-hybridized carbons (Fsp3) is 0.588. The first-order valence-corrected chi connectivity index (χ1v) is 7.71. The van der Waals surface area contributed by atoms with Gasteiger partial charge in [-0.1, -0.05) is 37.3 Å². The molecule has 110 valence electrons. The fourth-order valence-corrected chi connectivity index (χ4v) is 3.08. The van der Waals surface area contributed by atoms with E-state index in [4.69, 9.17) is 0 Å². The highest BCUT2D eigenvalue weighted by Crippen LogP contribution is 2.23. The highest BCUT2D eigenvalue weighted by Gasteiger charge is 2.30. The summed E-state index contributed by atoms with van der Waals surface area (Å²) in [5.41, 5.74) is 1.37. The zero-order chi connectivity index (χ0) is 14.4. The van der Waals surface area contributed by atoms with Gasteiger partial charge in [0.2, 0.25) is 5.91 Å². The van der Waals surface area contributed by atoms with Crippen molar-refractivity contribution in [2.24, 2.45) is 5.92 Å². The van der Waals surface area contributed by atoms with Gasteiger partial charge in [-0.15, -0.1) is 0 Å². The number of hydrogen-bond donors (Lipinski definition) is 1. The lowest BCUT2D eigenvalue weighted by molar-refractivity contribution is -0.135. The smallest absolute Gasteiger partial charge is 0.226 e. The zero-order valence-electron chi connectivity index (χ0n) is 12.6. The van der Waals surface area contributed by atoms with Gasteiger partial charge in [0.25, 0.3) is 0 Å². The predicted molar refractivity (Wildman–Crippen MR) is 82.6 cm³/mol. The van der Waals surface area contributed by atoms with Crippen molar-refractivity contribution in [2.45, 2.75) is 38.6 Å². The highest BCUT2D eigenvalue weighted by atomic mass is 16.2. The molecule has 1 aromatic rings. The molecule has 0 saturated carbocycles. The van der Waals surface area contributed by atoms with Crippen molar-refractivity contribution < 1.29 is 4.79 Å². The molecular weight excluding hydrogens is 248 g/mol. The second kappa shape index (κ2) is 7.44. The third-order valence-corrected chi connectivity index (χ3v) is 4.20. The number of likely N-dealkylation sites (tertiary alicyclic amines) is 1. The summed E-state index contributed by atoms with van der Waals surface area (Å²) in [6.45, 7) is 3.72. The Hall–Kier alpha value is -1.35. The topological polar surface area (TPSA) is 32.3 Å². The van der Waals surface area contributed by atoms with Crippen molar-refractivity contribution in [1.82, 2.24) is 10.2 Å². The van der Waals surface area contributed by atoms with Crippen LogP contribution in [0.2, 0.25) is 0 Å². The molecule has 1 aliphatic heterocycles. The molecule has 0 radical (unpaired) electrons. The van der Waals surface area contributed by atoms with Gasteiger partial charge in [-0.3, -0.25) is 4.79 Å². The molecular formula is C17H26N2O. The number of carbonyl (C=O) groups excluding carboxylic acids is 1. The largest absolute Gasteiger partial charge is 0.339 e. The van der Waals surface area contributed by atoms with Gasteiger partial charge in [-0.05, 0) is 38.3 Å². The second-order valence-corrected chi connectivity index (χ2v) is 5.81. The quantitative estimate of drug-likeness (QED) is 0.864. The van der Waals surface area contributed by atoms with E-state index in [0.717, 1.165) is 38.8 Å². The second-order valence-electron chi connectivity index (χ2n) is 5.81. The minimum Gasteiger partial charge on any atom is -0.339 e. The summed E-state index contributed by atoms with van der Waals surface area (Å²) in [5, 5.41) is 3.10. The van der Waals surface area contributed by atoms with Crippen molar-refractivity contribution in [3.8, 4) is 0 Å². The maximum absolute atomic E-state index is 12.4. The maximum atomic E-state index is 12.4. The van der Waals surface area contributed by atoms with Crippen LogP contribution in [0.3, 0.4) is 0 Å². The fourth-order valence-electron chi connectivity index (χ4n) is 3.08. The minimum atomic E-state index is 0.0809. The molecule has 0 bridgehead atoms. The number of nitrogens with zero attached hydrogens (tertiary/aromatic N) is 1. The predicted octanol–water partition coefficient (Wildman–Crippen LogP) is 2.47. The van der Waals surface area contributed by atoms with E-state index in [1.54, 1.807) is 0 Å². The Morgan fingerprint density at radius 2 is 2.15 bits per heavy atom. The van der Waals surface area contributed by atoms with Gasteiger partial charge in [0.05, 0.1) is 0 Å². The molecule has 3 nitrogen and oxygen atoms in total. The molecule has 2 unspecified atom stereocenters. The summed E-state index contributed by atoms with van der Waals surface area (Å²) < 4.78 is 0. The lowest BCUT2D eigenvalue weighted by atomic mass is 10.0. The van der Waals surface area contributed by atoms with Crippen molar-refractivity contribution in [1.29, 1.82) is 0 Å². The summed E-state index contributed by atoms with van der Waals surface area (Å²) in [6.07, 6.45) is 4.46. The normalized spacial score (nSPS) is 20.1. The highest BCUT2D eigenvalue weighted by molar-refractivity contribution is 5.79. The lowest BCUT2D eigenvalue weighted by Gasteiger charge is -2.27. The average Bonchev–Trinajstić information content (AvgIpc) is 2.94. The first-order chi connectivity index (χ1) is 9.72. The number of aryl methyl sites for hydroxylation is 1. The molecule has 1 aliphatic rings. The minimum absolute atomic E-state index is 0.0809. The van der Waals surface area contributed by atoms with E-state index >= 15 is 0 Å². The van der Waals surface area contributed by atoms with Gasteiger partial charge in [0.1, 0.15) is 0 Å². The average molecular weight is 274 g/mol. The molecule has 1 amide bonds. The standard InChI is InChI=1S/C17H26N2O/c1-14(13-18-2)17(20)19-12-6-9-16(19)11-10-15-7-4-3-5-8-15/h3-5,7-8,14,16,18H,6,9-13H2,1-2H3. The van der Waals surface area contributed by atoms with Crippen LogP contribution in [-0.4, -0.2) is 37.0 Å². The Morgan fingerprint density at radius 3 is 2.85 bits per heavy atom. The Bertz CT molecular complexity index is 418. The number of rotatable bonds is 6. The molecule has 1 fully saturated rings. The van der Waals surface area contributed by atoms with Gasteiger partial charge in [-0.2, -0.15) is 0 Å². The molecule has 0 aromatic heterocycles. The van der Waals surface area contributed by atoms with Crippen LogP contribution in [0.25, 0.3) is 0 Å². The number of amides is 1. The third-order valence-electron chi connectivity index (χ3n) is 4.20. The molecule has 1 heterocycles. The van der Waals surface area contributed by atoms with Crippen molar-refractivity contribution >= 4 is 5.91 Å². The Kier molecular flexibility index (Phi) is 5.60. The van der Waals surface area contributed by atoms with Gasteiger partial charge in [-0.25, -0.2) is 0 Å². The van der Waals surface area contributed by atoms with E-state index in [-0.39, 0.29) is 5.92 Å². The Morgan fingerprint density at radius 1 is 1.40 bits per heavy atom. The number of benzene rings is 1. The van der Waals surface area contributed by atoms with Crippen LogP contribution in [0, 0.1) is 5.92 Å². The molecule has 0 spiro atoms. The van der Waals surface area contributed by atoms with E-state index < -0.39 is 0 Å². The molecule has 1 aromatic carbocycles. The van der Waals surface area contributed by atoms with E-state index in [1.807, 2.05) is 20.0 Å². The Labute approximate surface area is 122 Å². The van der Waals surface area contributed by atoms with Crippen molar-refractivity contribution in [2.75, 3.05) is 20.1 Å². The molecule has 20 heavy (non-hydrogen) atoms. The molecule has 2 rings (SSSR count). The zero-order valence-corrected chi connectivity index (χ0v) is 12.6. The first kappa shape index (κ1) is 15.0. The van der Waals surface area contributed by atoms with E-state index in [9.17, 15) is 4.79 Å². The summed E-state index contributed by atoms with van der Waals surface area (Å²) in [7, 11) is 1.90. The van der Waals surface area contributed by atoms with Crippen LogP contribution >= 0.6 is 0 Å². The van der Waals surface area contributed by atoms with Crippen LogP contribution in [0.1, 0.15) is 31.7 Å². The van der Waals surface area contributed by atoms with Crippen LogP contribution in [0.5, 0.6) is 0 Å². The molecule has 3 heteroatoms. The summed E-state index contributed by atoms with van der Waals surface area (Å²) >= 11 is 0. The SMILES string of the molecule is CNCC(C)C(=O)N1CCCC1CCc1ccccc1. The molecule has 1 N–H and O–H groups in total. The van der Waals surface area contributed by atoms with Gasteiger partial charge < -0.3 is 10.2 Å². The van der Waals surface area contributed by atoms with Crippen LogP contribution in [-0.2, 0) is 11.2 Å². The van der Waals surface area contributed by atoms with Crippen LogP contribution in [0.15, 0.2) is 30.3 Å². The summed E-state index contributed by atoms with van der Waals surface area (Å²) in [6, 6.07) is 11.0. The summed E-state index contributed by atoms with van der Waals surface area (Å²) in [4.78, 5) is 14.6. The van der Waals surface area contributed by atoms with Crippen LogP contribution in [0.4, 0.5) is 0 Å². The monoisotopic (exact) mass is 274 g/mol. The Balaban J connectivity index is 1.89. The van der Waals surface area contributed by atoms with Crippen molar-refractivity contribution in [3.63, 3.8) is 0 Å². The summed E-state index contributed by atoms with van der Waals surface area (Å²) in [5.74, 6) is 0.396.